The second kappa shape index (κ2) is 12.0. The fourth-order valence-corrected chi connectivity index (χ4v) is 5.48. The number of carbonyl (C=O) groups excluding carboxylic acids is 2. The van der Waals surface area contributed by atoms with Crippen molar-refractivity contribution >= 4 is 62.1 Å². The van der Waals surface area contributed by atoms with Crippen molar-refractivity contribution in [1.82, 2.24) is 10.2 Å². The molecule has 174 valence electrons. The number of benzene rings is 1. The molecule has 1 saturated heterocycles. The van der Waals surface area contributed by atoms with E-state index in [1.807, 2.05) is 0 Å². The van der Waals surface area contributed by atoms with Gasteiger partial charge in [-0.25, -0.2) is 0 Å². The Bertz CT molecular complexity index is 900. The van der Waals surface area contributed by atoms with E-state index in [9.17, 15) is 9.59 Å². The molecule has 0 aromatic heterocycles. The zero-order valence-electron chi connectivity index (χ0n) is 18.4. The zero-order chi connectivity index (χ0) is 23.1. The molecule has 1 heterocycles. The SMILES string of the molecule is CCCCN1C(=O)C(=Cc2cc(OC)c(OCC(=O)NC3CCCCC3)cc2Br)SC1=S. The third-order valence-electron chi connectivity index (χ3n) is 5.51. The third-order valence-corrected chi connectivity index (χ3v) is 7.57. The van der Waals surface area contributed by atoms with E-state index in [2.05, 4.69) is 28.2 Å². The van der Waals surface area contributed by atoms with Crippen LogP contribution in [0.1, 0.15) is 57.4 Å². The number of hydrogen-bond acceptors (Lipinski definition) is 6. The van der Waals surface area contributed by atoms with Crippen molar-refractivity contribution in [3.8, 4) is 11.5 Å². The Kier molecular flexibility index (Phi) is 9.43. The number of thiocarbonyl (C=S) groups is 1. The van der Waals surface area contributed by atoms with Crippen LogP contribution in [-0.2, 0) is 9.59 Å². The molecule has 2 aliphatic rings. The number of nitrogens with zero attached hydrogens (tertiary/aromatic N) is 1. The van der Waals surface area contributed by atoms with Crippen LogP contribution in [0.4, 0.5) is 0 Å². The van der Waals surface area contributed by atoms with E-state index < -0.39 is 0 Å². The van der Waals surface area contributed by atoms with E-state index in [1.54, 1.807) is 30.2 Å². The van der Waals surface area contributed by atoms with Crippen LogP contribution in [-0.4, -0.2) is 47.3 Å². The molecular formula is C23H29BrN2O4S2. The summed E-state index contributed by atoms with van der Waals surface area (Å²) < 4.78 is 12.5. The van der Waals surface area contributed by atoms with Gasteiger partial charge in [0, 0.05) is 17.1 Å². The molecule has 6 nitrogen and oxygen atoms in total. The molecule has 32 heavy (non-hydrogen) atoms. The smallest absolute Gasteiger partial charge is 0.266 e. The van der Waals surface area contributed by atoms with E-state index in [0.717, 1.165) is 48.6 Å². The number of thioether (sulfide) groups is 1. The molecule has 2 fully saturated rings. The van der Waals surface area contributed by atoms with Crippen LogP contribution in [0.15, 0.2) is 21.5 Å². The lowest BCUT2D eigenvalue weighted by atomic mass is 9.95. The van der Waals surface area contributed by atoms with Gasteiger partial charge in [0.05, 0.1) is 12.0 Å². The number of nitrogens with one attached hydrogen (secondary N) is 1. The maximum atomic E-state index is 12.7. The Morgan fingerprint density at radius 3 is 2.75 bits per heavy atom. The van der Waals surface area contributed by atoms with E-state index in [1.165, 1.54) is 18.2 Å². The number of amides is 2. The number of carbonyl (C=O) groups is 2. The highest BCUT2D eigenvalue weighted by Gasteiger charge is 2.31. The normalized spacial score (nSPS) is 18.3. The first-order valence-corrected chi connectivity index (χ1v) is 13.0. The summed E-state index contributed by atoms with van der Waals surface area (Å²) in [4.78, 5) is 27.3. The summed E-state index contributed by atoms with van der Waals surface area (Å²) in [7, 11) is 1.55. The van der Waals surface area contributed by atoms with Gasteiger partial charge in [-0.1, -0.05) is 72.5 Å². The van der Waals surface area contributed by atoms with Crippen LogP contribution in [0.5, 0.6) is 11.5 Å². The first-order chi connectivity index (χ1) is 15.4. The lowest BCUT2D eigenvalue weighted by Crippen LogP contribution is -2.39. The molecule has 1 aromatic carbocycles. The number of ether oxygens (including phenoxy) is 2. The minimum absolute atomic E-state index is 0.0703. The molecule has 0 spiro atoms. The van der Waals surface area contributed by atoms with E-state index >= 15 is 0 Å². The summed E-state index contributed by atoms with van der Waals surface area (Å²) in [6, 6.07) is 3.79. The van der Waals surface area contributed by atoms with Crippen LogP contribution >= 0.6 is 39.9 Å². The van der Waals surface area contributed by atoms with Crippen molar-refractivity contribution in [2.45, 2.75) is 57.9 Å². The van der Waals surface area contributed by atoms with Crippen molar-refractivity contribution < 1.29 is 19.1 Å². The summed E-state index contributed by atoms with van der Waals surface area (Å²) in [5.74, 6) is 0.756. The van der Waals surface area contributed by atoms with Crippen molar-refractivity contribution in [2.24, 2.45) is 0 Å². The molecule has 1 aliphatic carbocycles. The Labute approximate surface area is 207 Å². The molecule has 0 unspecified atom stereocenters. The predicted octanol–water partition coefficient (Wildman–Crippen LogP) is 5.29. The van der Waals surface area contributed by atoms with Gasteiger partial charge in [-0.15, -0.1) is 0 Å². The monoisotopic (exact) mass is 540 g/mol. The Morgan fingerprint density at radius 2 is 2.06 bits per heavy atom. The molecule has 2 amide bonds. The average Bonchev–Trinajstić information content (AvgIpc) is 3.05. The minimum atomic E-state index is -0.130. The van der Waals surface area contributed by atoms with Gasteiger partial charge in [0.1, 0.15) is 4.32 Å². The van der Waals surface area contributed by atoms with Gasteiger partial charge in [-0.3, -0.25) is 14.5 Å². The summed E-state index contributed by atoms with van der Waals surface area (Å²) in [5.41, 5.74) is 0.775. The summed E-state index contributed by atoms with van der Waals surface area (Å²) >= 11 is 10.2. The lowest BCUT2D eigenvalue weighted by Gasteiger charge is -2.22. The van der Waals surface area contributed by atoms with Crippen LogP contribution in [0.2, 0.25) is 0 Å². The summed E-state index contributed by atoms with van der Waals surface area (Å²) in [6.45, 7) is 2.65. The van der Waals surface area contributed by atoms with Crippen molar-refractivity contribution in [3.05, 3.63) is 27.1 Å². The summed E-state index contributed by atoms with van der Waals surface area (Å²) in [6.07, 6.45) is 9.33. The predicted molar refractivity (Wildman–Crippen MR) is 136 cm³/mol. The maximum absolute atomic E-state index is 12.7. The van der Waals surface area contributed by atoms with Crippen molar-refractivity contribution in [2.75, 3.05) is 20.3 Å². The molecular weight excluding hydrogens is 512 g/mol. The van der Waals surface area contributed by atoms with Crippen molar-refractivity contribution in [3.63, 3.8) is 0 Å². The topological polar surface area (TPSA) is 67.9 Å². The minimum Gasteiger partial charge on any atom is -0.493 e. The molecule has 0 atom stereocenters. The van der Waals surface area contributed by atoms with Gasteiger partial charge in [0.15, 0.2) is 18.1 Å². The zero-order valence-corrected chi connectivity index (χ0v) is 21.7. The Hall–Kier alpha value is -1.58. The first-order valence-electron chi connectivity index (χ1n) is 11.0. The van der Waals surface area contributed by atoms with Crippen LogP contribution in [0, 0.1) is 0 Å². The third kappa shape index (κ3) is 6.48. The number of hydrogen-bond donors (Lipinski definition) is 1. The van der Waals surface area contributed by atoms with Crippen molar-refractivity contribution in [1.29, 1.82) is 0 Å². The van der Waals surface area contributed by atoms with Gasteiger partial charge in [-0.2, -0.15) is 0 Å². The van der Waals surface area contributed by atoms with Crippen LogP contribution < -0.4 is 14.8 Å². The highest BCUT2D eigenvalue weighted by Crippen LogP contribution is 2.38. The maximum Gasteiger partial charge on any atom is 0.266 e. The van der Waals surface area contributed by atoms with E-state index in [0.29, 0.717) is 27.3 Å². The largest absolute Gasteiger partial charge is 0.493 e. The number of rotatable bonds is 9. The van der Waals surface area contributed by atoms with Gasteiger partial charge in [0.25, 0.3) is 11.8 Å². The van der Waals surface area contributed by atoms with Crippen LogP contribution in [0.25, 0.3) is 6.08 Å². The second-order valence-electron chi connectivity index (χ2n) is 7.90. The lowest BCUT2D eigenvalue weighted by molar-refractivity contribution is -0.124. The molecule has 1 saturated carbocycles. The fraction of sp³-hybridized carbons (Fsp3) is 0.522. The number of halogens is 1. The molecule has 1 aliphatic heterocycles. The highest BCUT2D eigenvalue weighted by atomic mass is 79.9. The first kappa shape index (κ1) is 25.1. The van der Waals surface area contributed by atoms with Gasteiger partial charge in [-0.05, 0) is 43.0 Å². The highest BCUT2D eigenvalue weighted by molar-refractivity contribution is 9.10. The molecule has 1 aromatic rings. The molecule has 3 rings (SSSR count). The summed E-state index contributed by atoms with van der Waals surface area (Å²) in [5, 5.41) is 3.05. The fourth-order valence-electron chi connectivity index (χ4n) is 3.74. The number of unbranched alkanes of at least 4 members (excludes halogenated alkanes) is 1. The van der Waals surface area contributed by atoms with Gasteiger partial charge < -0.3 is 14.8 Å². The standard InChI is InChI=1S/C23H29BrN2O4S2/c1-3-4-10-26-22(28)20(32-23(26)31)12-15-11-18(29-2)19(13-17(15)24)30-14-21(27)25-16-8-6-5-7-9-16/h11-13,16H,3-10,14H2,1-2H3,(H,25,27). The van der Waals surface area contributed by atoms with E-state index in [-0.39, 0.29) is 24.5 Å². The Balaban J connectivity index is 1.68. The van der Waals surface area contributed by atoms with Gasteiger partial charge in [0.2, 0.25) is 0 Å². The van der Waals surface area contributed by atoms with E-state index in [4.69, 9.17) is 21.7 Å². The molecule has 9 heteroatoms. The van der Waals surface area contributed by atoms with Gasteiger partial charge >= 0.3 is 0 Å². The average molecular weight is 542 g/mol. The molecule has 0 radical (unpaired) electrons. The Morgan fingerprint density at radius 1 is 1.31 bits per heavy atom. The quantitative estimate of drug-likeness (QED) is 0.339. The van der Waals surface area contributed by atoms with Crippen LogP contribution in [0.3, 0.4) is 0 Å². The molecule has 0 bridgehead atoms. The number of methoxy groups -OCH3 is 1. The molecule has 1 N–H and O–H groups in total. The second-order valence-corrected chi connectivity index (χ2v) is 10.4.